The Morgan fingerprint density at radius 3 is 2.22 bits per heavy atom. The van der Waals surface area contributed by atoms with Crippen molar-refractivity contribution < 1.29 is 28.5 Å². The van der Waals surface area contributed by atoms with E-state index in [1.807, 2.05) is 0 Å². The molecule has 166 valence electrons. The Kier molecular flexibility index (Phi) is 6.90. The fraction of sp³-hybridized carbons (Fsp3) is 0.200. The van der Waals surface area contributed by atoms with Crippen molar-refractivity contribution >= 4 is 17.6 Å². The van der Waals surface area contributed by atoms with E-state index in [0.29, 0.717) is 16.9 Å². The number of halogens is 1. The standard InChI is InChI=1S/C25H24FNO5/c1-16-10-11-18(14-21(16)26)30-19-12-13-20(24(29)31-32-25(2,3)4)22(15-19)27-23(28)17-8-6-5-7-9-17/h5-15H,1-4H3,(H,27,28). The third-order valence-electron chi connectivity index (χ3n) is 4.24. The molecule has 0 aliphatic rings. The first-order chi connectivity index (χ1) is 15.1. The van der Waals surface area contributed by atoms with Gasteiger partial charge in [0.1, 0.15) is 22.9 Å². The van der Waals surface area contributed by atoms with Crippen molar-refractivity contribution in [2.24, 2.45) is 0 Å². The smallest absolute Gasteiger partial charge is 0.375 e. The molecule has 6 nitrogen and oxygen atoms in total. The summed E-state index contributed by atoms with van der Waals surface area (Å²) >= 11 is 0. The summed E-state index contributed by atoms with van der Waals surface area (Å²) in [6.07, 6.45) is 0. The maximum absolute atomic E-state index is 13.9. The molecule has 1 N–H and O–H groups in total. The van der Waals surface area contributed by atoms with E-state index in [1.165, 1.54) is 24.3 Å². The average molecular weight is 437 g/mol. The second-order valence-electron chi connectivity index (χ2n) is 8.11. The van der Waals surface area contributed by atoms with Gasteiger partial charge in [0, 0.05) is 17.7 Å². The van der Waals surface area contributed by atoms with Crippen molar-refractivity contribution in [3.63, 3.8) is 0 Å². The molecule has 0 spiro atoms. The highest BCUT2D eigenvalue weighted by atomic mass is 19.1. The summed E-state index contributed by atoms with van der Waals surface area (Å²) in [5.41, 5.74) is 0.420. The number of aryl methyl sites for hydroxylation is 1. The molecule has 1 amide bonds. The Hall–Kier alpha value is -3.71. The summed E-state index contributed by atoms with van der Waals surface area (Å²) in [6, 6.07) is 17.4. The first kappa shape index (κ1) is 23.0. The van der Waals surface area contributed by atoms with E-state index < -0.39 is 23.3 Å². The maximum atomic E-state index is 13.9. The molecule has 0 heterocycles. The largest absolute Gasteiger partial charge is 0.457 e. The van der Waals surface area contributed by atoms with Gasteiger partial charge in [-0.2, -0.15) is 4.89 Å². The summed E-state index contributed by atoms with van der Waals surface area (Å²) < 4.78 is 19.6. The van der Waals surface area contributed by atoms with Crippen LogP contribution >= 0.6 is 0 Å². The summed E-state index contributed by atoms with van der Waals surface area (Å²) in [4.78, 5) is 35.3. The molecule has 3 rings (SSSR count). The molecule has 32 heavy (non-hydrogen) atoms. The number of carbonyl (C=O) groups excluding carboxylic acids is 2. The SMILES string of the molecule is Cc1ccc(Oc2ccc(C(=O)OOC(C)(C)C)c(NC(=O)c3ccccc3)c2)cc1F. The average Bonchev–Trinajstić information content (AvgIpc) is 2.75. The number of carbonyl (C=O) groups is 2. The van der Waals surface area contributed by atoms with Gasteiger partial charge >= 0.3 is 5.97 Å². The minimum Gasteiger partial charge on any atom is -0.457 e. The molecule has 7 heteroatoms. The van der Waals surface area contributed by atoms with E-state index in [9.17, 15) is 14.0 Å². The molecule has 0 aliphatic heterocycles. The Balaban J connectivity index is 1.90. The van der Waals surface area contributed by atoms with Crippen LogP contribution in [-0.2, 0) is 9.78 Å². The second kappa shape index (κ2) is 9.62. The lowest BCUT2D eigenvalue weighted by atomic mass is 10.1. The molecule has 0 saturated heterocycles. The summed E-state index contributed by atoms with van der Waals surface area (Å²) in [6.45, 7) is 6.85. The molecule has 0 aromatic heterocycles. The van der Waals surface area contributed by atoms with Crippen molar-refractivity contribution in [1.82, 2.24) is 0 Å². The normalized spacial score (nSPS) is 11.0. The summed E-state index contributed by atoms with van der Waals surface area (Å²) in [7, 11) is 0. The predicted molar refractivity (Wildman–Crippen MR) is 118 cm³/mol. The van der Waals surface area contributed by atoms with Crippen molar-refractivity contribution in [3.8, 4) is 11.5 Å². The highest BCUT2D eigenvalue weighted by molar-refractivity contribution is 6.08. The van der Waals surface area contributed by atoms with E-state index in [1.54, 1.807) is 70.2 Å². The fourth-order valence-electron chi connectivity index (χ4n) is 2.63. The minimum atomic E-state index is -0.781. The highest BCUT2D eigenvalue weighted by Gasteiger charge is 2.21. The zero-order chi connectivity index (χ0) is 23.3. The summed E-state index contributed by atoms with van der Waals surface area (Å²) in [5.74, 6) is -1.03. The van der Waals surface area contributed by atoms with Crippen LogP contribution in [0.3, 0.4) is 0 Å². The molecule has 0 radical (unpaired) electrons. The van der Waals surface area contributed by atoms with Gasteiger partial charge in [0.2, 0.25) is 0 Å². The highest BCUT2D eigenvalue weighted by Crippen LogP contribution is 2.29. The minimum absolute atomic E-state index is 0.0703. The number of anilines is 1. The number of nitrogens with one attached hydrogen (secondary N) is 1. The van der Waals surface area contributed by atoms with Gasteiger partial charge in [0.05, 0.1) is 11.3 Å². The second-order valence-corrected chi connectivity index (χ2v) is 8.11. The maximum Gasteiger partial charge on any atom is 0.375 e. The Labute approximate surface area is 185 Å². The van der Waals surface area contributed by atoms with Crippen LogP contribution in [0.1, 0.15) is 47.1 Å². The van der Waals surface area contributed by atoms with Crippen LogP contribution in [0.15, 0.2) is 66.7 Å². The first-order valence-electron chi connectivity index (χ1n) is 9.97. The van der Waals surface area contributed by atoms with Crippen molar-refractivity contribution in [1.29, 1.82) is 0 Å². The van der Waals surface area contributed by atoms with Crippen molar-refractivity contribution in [2.45, 2.75) is 33.3 Å². The Morgan fingerprint density at radius 1 is 0.906 bits per heavy atom. The lowest BCUT2D eigenvalue weighted by Gasteiger charge is -2.18. The van der Waals surface area contributed by atoms with Crippen LogP contribution in [-0.4, -0.2) is 17.5 Å². The zero-order valence-electron chi connectivity index (χ0n) is 18.3. The fourth-order valence-corrected chi connectivity index (χ4v) is 2.63. The lowest BCUT2D eigenvalue weighted by molar-refractivity contribution is -0.301. The van der Waals surface area contributed by atoms with E-state index in [0.717, 1.165) is 0 Å². The monoisotopic (exact) mass is 437 g/mol. The molecule has 0 saturated carbocycles. The van der Waals surface area contributed by atoms with Gasteiger partial charge in [-0.3, -0.25) is 9.68 Å². The predicted octanol–water partition coefficient (Wildman–Crippen LogP) is 6.07. The van der Waals surface area contributed by atoms with Crippen LogP contribution in [0, 0.1) is 12.7 Å². The molecular formula is C25H24FNO5. The van der Waals surface area contributed by atoms with Crippen LogP contribution in [0.5, 0.6) is 11.5 Å². The number of rotatable bonds is 6. The van der Waals surface area contributed by atoms with Crippen LogP contribution in [0.2, 0.25) is 0 Å². The quantitative estimate of drug-likeness (QED) is 0.374. The van der Waals surface area contributed by atoms with Gasteiger partial charge < -0.3 is 10.1 Å². The first-order valence-corrected chi connectivity index (χ1v) is 9.97. The van der Waals surface area contributed by atoms with Gasteiger partial charge in [0.25, 0.3) is 5.91 Å². The molecule has 3 aromatic rings. The van der Waals surface area contributed by atoms with Crippen LogP contribution < -0.4 is 10.1 Å². The van der Waals surface area contributed by atoms with Crippen LogP contribution in [0.25, 0.3) is 0 Å². The Morgan fingerprint density at radius 2 is 1.56 bits per heavy atom. The van der Waals surface area contributed by atoms with Gasteiger partial charge in [-0.1, -0.05) is 24.3 Å². The van der Waals surface area contributed by atoms with E-state index in [2.05, 4.69) is 5.32 Å². The molecule has 0 aliphatic carbocycles. The van der Waals surface area contributed by atoms with Crippen LogP contribution in [0.4, 0.5) is 10.1 Å². The summed E-state index contributed by atoms with van der Waals surface area (Å²) in [5, 5.41) is 2.70. The molecule has 0 fully saturated rings. The van der Waals surface area contributed by atoms with Crippen molar-refractivity contribution in [3.05, 3.63) is 89.2 Å². The number of amides is 1. The van der Waals surface area contributed by atoms with Gasteiger partial charge in [-0.25, -0.2) is 9.18 Å². The topological polar surface area (TPSA) is 73.9 Å². The number of hydrogen-bond donors (Lipinski definition) is 1. The molecular weight excluding hydrogens is 413 g/mol. The van der Waals surface area contributed by atoms with Crippen molar-refractivity contribution in [2.75, 3.05) is 5.32 Å². The van der Waals surface area contributed by atoms with Gasteiger partial charge in [-0.05, 0) is 63.6 Å². The third-order valence-corrected chi connectivity index (χ3v) is 4.24. The van der Waals surface area contributed by atoms with Gasteiger partial charge in [-0.15, -0.1) is 0 Å². The number of hydrogen-bond acceptors (Lipinski definition) is 5. The third kappa shape index (κ3) is 6.15. The zero-order valence-corrected chi connectivity index (χ0v) is 18.3. The lowest BCUT2D eigenvalue weighted by Crippen LogP contribution is -2.23. The molecule has 0 atom stereocenters. The number of benzene rings is 3. The Bertz CT molecular complexity index is 1120. The van der Waals surface area contributed by atoms with E-state index in [4.69, 9.17) is 14.5 Å². The molecule has 0 bridgehead atoms. The molecule has 3 aromatic carbocycles. The number of ether oxygens (including phenoxy) is 1. The van der Waals surface area contributed by atoms with Gasteiger partial charge in [0.15, 0.2) is 0 Å². The van der Waals surface area contributed by atoms with E-state index in [-0.39, 0.29) is 17.0 Å². The molecule has 0 unspecified atom stereocenters. The van der Waals surface area contributed by atoms with E-state index >= 15 is 0 Å².